The van der Waals surface area contributed by atoms with Gasteiger partial charge in [-0.2, -0.15) is 0 Å². The van der Waals surface area contributed by atoms with Crippen LogP contribution in [0.2, 0.25) is 0 Å². The summed E-state index contributed by atoms with van der Waals surface area (Å²) in [6.45, 7) is 8.88. The summed E-state index contributed by atoms with van der Waals surface area (Å²) in [4.78, 5) is 2.63. The lowest BCUT2D eigenvalue weighted by Gasteiger charge is -2.40. The fourth-order valence-electron chi connectivity index (χ4n) is 2.77. The fourth-order valence-corrected chi connectivity index (χ4v) is 2.77. The average molecular weight is 226 g/mol. The van der Waals surface area contributed by atoms with E-state index in [1.165, 1.54) is 45.3 Å². The van der Waals surface area contributed by atoms with Gasteiger partial charge in [-0.25, -0.2) is 0 Å². The first-order valence-electron chi connectivity index (χ1n) is 6.72. The highest BCUT2D eigenvalue weighted by atomic mass is 16.5. The molecule has 16 heavy (non-hydrogen) atoms. The van der Waals surface area contributed by atoms with E-state index in [0.29, 0.717) is 5.41 Å². The van der Waals surface area contributed by atoms with Gasteiger partial charge >= 0.3 is 0 Å². The van der Waals surface area contributed by atoms with Crippen LogP contribution in [-0.2, 0) is 4.74 Å². The highest BCUT2D eigenvalue weighted by molar-refractivity contribution is 4.84. The van der Waals surface area contributed by atoms with Crippen LogP contribution in [0.1, 0.15) is 32.6 Å². The van der Waals surface area contributed by atoms with E-state index < -0.39 is 0 Å². The molecule has 0 aliphatic carbocycles. The van der Waals surface area contributed by atoms with Gasteiger partial charge in [0.25, 0.3) is 0 Å². The van der Waals surface area contributed by atoms with E-state index in [1.54, 1.807) is 0 Å². The van der Waals surface area contributed by atoms with Crippen LogP contribution in [0.3, 0.4) is 0 Å². The normalized spacial score (nSPS) is 28.1. The molecule has 2 fully saturated rings. The Morgan fingerprint density at radius 3 is 2.44 bits per heavy atom. The van der Waals surface area contributed by atoms with Gasteiger partial charge in [-0.1, -0.05) is 6.92 Å². The molecule has 0 bridgehead atoms. The monoisotopic (exact) mass is 226 g/mol. The summed E-state index contributed by atoms with van der Waals surface area (Å²) in [5.74, 6) is 0.871. The number of likely N-dealkylation sites (tertiary alicyclic amines) is 1. The Bertz CT molecular complexity index is 206. The maximum atomic E-state index is 5.83. The van der Waals surface area contributed by atoms with Gasteiger partial charge in [-0.05, 0) is 56.7 Å². The fraction of sp³-hybridized carbons (Fsp3) is 1.00. The molecule has 2 saturated heterocycles. The maximum Gasteiger partial charge on any atom is 0.0469 e. The van der Waals surface area contributed by atoms with Gasteiger partial charge in [-0.3, -0.25) is 0 Å². The summed E-state index contributed by atoms with van der Waals surface area (Å²) < 4.78 is 5.40. The van der Waals surface area contributed by atoms with E-state index in [1.807, 2.05) is 0 Å². The molecule has 0 radical (unpaired) electrons. The molecule has 0 spiro atoms. The summed E-state index contributed by atoms with van der Waals surface area (Å²) in [5, 5.41) is 0. The van der Waals surface area contributed by atoms with Gasteiger partial charge in [0.15, 0.2) is 0 Å². The number of rotatable bonds is 3. The number of ether oxygens (including phenoxy) is 1. The van der Waals surface area contributed by atoms with Crippen LogP contribution in [0.4, 0.5) is 0 Å². The molecule has 0 aromatic heterocycles. The zero-order chi connectivity index (χ0) is 11.4. The van der Waals surface area contributed by atoms with Crippen molar-refractivity contribution in [3.63, 3.8) is 0 Å². The first kappa shape index (κ1) is 12.3. The third kappa shape index (κ3) is 3.19. The van der Waals surface area contributed by atoms with Crippen LogP contribution < -0.4 is 5.73 Å². The van der Waals surface area contributed by atoms with Gasteiger partial charge in [0, 0.05) is 19.8 Å². The Hall–Kier alpha value is -0.120. The predicted molar refractivity (Wildman–Crippen MR) is 66.4 cm³/mol. The number of piperidine rings is 1. The first-order valence-corrected chi connectivity index (χ1v) is 6.72. The zero-order valence-corrected chi connectivity index (χ0v) is 10.6. The van der Waals surface area contributed by atoms with E-state index in [4.69, 9.17) is 10.5 Å². The highest BCUT2D eigenvalue weighted by Crippen LogP contribution is 2.30. The van der Waals surface area contributed by atoms with Gasteiger partial charge in [-0.15, -0.1) is 0 Å². The van der Waals surface area contributed by atoms with Crippen LogP contribution in [0.5, 0.6) is 0 Å². The summed E-state index contributed by atoms with van der Waals surface area (Å²) >= 11 is 0. The van der Waals surface area contributed by atoms with Crippen molar-refractivity contribution < 1.29 is 4.74 Å². The molecule has 2 heterocycles. The Labute approximate surface area is 99.3 Å². The smallest absolute Gasteiger partial charge is 0.0469 e. The Balaban J connectivity index is 1.72. The number of nitrogens with two attached hydrogens (primary N) is 1. The molecule has 0 aromatic rings. The lowest BCUT2D eigenvalue weighted by atomic mass is 9.80. The number of hydrogen-bond acceptors (Lipinski definition) is 3. The molecule has 0 saturated carbocycles. The van der Waals surface area contributed by atoms with Gasteiger partial charge in [0.1, 0.15) is 0 Å². The molecular weight excluding hydrogens is 200 g/mol. The first-order chi connectivity index (χ1) is 7.72. The van der Waals surface area contributed by atoms with Crippen LogP contribution in [-0.4, -0.2) is 44.3 Å². The van der Waals surface area contributed by atoms with Crippen molar-refractivity contribution in [3.8, 4) is 0 Å². The second-order valence-corrected chi connectivity index (χ2v) is 5.87. The standard InChI is InChI=1S/C13H26N2O/c1-13(11-14)4-6-15(7-5-13)10-12-2-8-16-9-3-12/h12H,2-11,14H2,1H3. The molecule has 2 aliphatic rings. The lowest BCUT2D eigenvalue weighted by Crippen LogP contribution is -2.44. The van der Waals surface area contributed by atoms with Crippen LogP contribution >= 0.6 is 0 Å². The molecule has 0 aromatic carbocycles. The van der Waals surface area contributed by atoms with Crippen molar-refractivity contribution >= 4 is 0 Å². The minimum atomic E-state index is 0.409. The Morgan fingerprint density at radius 2 is 1.88 bits per heavy atom. The predicted octanol–water partition coefficient (Wildman–Crippen LogP) is 1.47. The topological polar surface area (TPSA) is 38.5 Å². The zero-order valence-electron chi connectivity index (χ0n) is 10.6. The third-order valence-corrected chi connectivity index (χ3v) is 4.41. The Kier molecular flexibility index (Phi) is 4.22. The molecule has 3 nitrogen and oxygen atoms in total. The second-order valence-electron chi connectivity index (χ2n) is 5.87. The van der Waals surface area contributed by atoms with Crippen molar-refractivity contribution in [2.75, 3.05) is 39.4 Å². The van der Waals surface area contributed by atoms with Crippen LogP contribution in [0, 0.1) is 11.3 Å². The minimum Gasteiger partial charge on any atom is -0.381 e. The summed E-state index contributed by atoms with van der Waals surface area (Å²) in [7, 11) is 0. The molecule has 0 amide bonds. The van der Waals surface area contributed by atoms with E-state index in [0.717, 1.165) is 25.7 Å². The molecule has 94 valence electrons. The molecule has 2 aliphatic heterocycles. The van der Waals surface area contributed by atoms with Crippen molar-refractivity contribution in [1.82, 2.24) is 4.90 Å². The summed E-state index contributed by atoms with van der Waals surface area (Å²) in [6.07, 6.45) is 5.05. The molecule has 0 atom stereocenters. The SMILES string of the molecule is CC1(CN)CCN(CC2CCOCC2)CC1. The van der Waals surface area contributed by atoms with Gasteiger partial charge in [0.2, 0.25) is 0 Å². The van der Waals surface area contributed by atoms with E-state index in [9.17, 15) is 0 Å². The minimum absolute atomic E-state index is 0.409. The van der Waals surface area contributed by atoms with Crippen molar-refractivity contribution in [1.29, 1.82) is 0 Å². The maximum absolute atomic E-state index is 5.83. The highest BCUT2D eigenvalue weighted by Gasteiger charge is 2.29. The lowest BCUT2D eigenvalue weighted by molar-refractivity contribution is 0.0401. The number of nitrogens with zero attached hydrogens (tertiary/aromatic N) is 1. The molecule has 0 unspecified atom stereocenters. The Morgan fingerprint density at radius 1 is 1.25 bits per heavy atom. The van der Waals surface area contributed by atoms with E-state index >= 15 is 0 Å². The van der Waals surface area contributed by atoms with Crippen molar-refractivity contribution in [3.05, 3.63) is 0 Å². The second kappa shape index (κ2) is 5.48. The molecular formula is C13H26N2O. The van der Waals surface area contributed by atoms with Gasteiger partial charge < -0.3 is 15.4 Å². The van der Waals surface area contributed by atoms with Gasteiger partial charge in [0.05, 0.1) is 0 Å². The van der Waals surface area contributed by atoms with Crippen molar-refractivity contribution in [2.24, 2.45) is 17.1 Å². The summed E-state index contributed by atoms with van der Waals surface area (Å²) in [6, 6.07) is 0. The average Bonchev–Trinajstić information content (AvgIpc) is 2.34. The van der Waals surface area contributed by atoms with E-state index in [2.05, 4.69) is 11.8 Å². The molecule has 2 rings (SSSR count). The van der Waals surface area contributed by atoms with Crippen LogP contribution in [0.25, 0.3) is 0 Å². The van der Waals surface area contributed by atoms with Crippen LogP contribution in [0.15, 0.2) is 0 Å². The number of hydrogen-bond donors (Lipinski definition) is 1. The molecule has 3 heteroatoms. The quantitative estimate of drug-likeness (QED) is 0.792. The third-order valence-electron chi connectivity index (χ3n) is 4.41. The largest absolute Gasteiger partial charge is 0.381 e. The van der Waals surface area contributed by atoms with E-state index in [-0.39, 0.29) is 0 Å². The molecule has 2 N–H and O–H groups in total. The van der Waals surface area contributed by atoms with Crippen molar-refractivity contribution in [2.45, 2.75) is 32.6 Å². The summed E-state index contributed by atoms with van der Waals surface area (Å²) in [5.41, 5.74) is 6.24.